The zero-order valence-corrected chi connectivity index (χ0v) is 9.33. The summed E-state index contributed by atoms with van der Waals surface area (Å²) in [6, 6.07) is 4.19. The highest BCUT2D eigenvalue weighted by Crippen LogP contribution is 2.17. The highest BCUT2D eigenvalue weighted by Gasteiger charge is 2.16. The molecule has 90 valence electrons. The number of amides is 1. The lowest BCUT2D eigenvalue weighted by atomic mass is 10.2. The third-order valence-corrected chi connectivity index (χ3v) is 2.32. The first kappa shape index (κ1) is 11.4. The smallest absolute Gasteiger partial charge is 0.294 e. The predicted molar refractivity (Wildman–Crippen MR) is 59.8 cm³/mol. The number of hydrogen-bond acceptors (Lipinski definition) is 3. The van der Waals surface area contributed by atoms with Crippen molar-refractivity contribution in [2.24, 2.45) is 0 Å². The van der Waals surface area contributed by atoms with Gasteiger partial charge in [0.2, 0.25) is 5.76 Å². The molecule has 1 N–H and O–H groups in total. The van der Waals surface area contributed by atoms with E-state index in [0.717, 1.165) is 5.56 Å². The summed E-state index contributed by atoms with van der Waals surface area (Å²) in [5.74, 6) is -0.751. The first-order chi connectivity index (χ1) is 8.16. The summed E-state index contributed by atoms with van der Waals surface area (Å²) in [5.41, 5.74) is 1.20. The minimum absolute atomic E-state index is 0.0971. The van der Waals surface area contributed by atoms with Crippen LogP contribution >= 0.6 is 0 Å². The van der Waals surface area contributed by atoms with Crippen molar-refractivity contribution in [3.8, 4) is 0 Å². The van der Waals surface area contributed by atoms with Gasteiger partial charge in [0.1, 0.15) is 25.3 Å². The second-order valence-corrected chi connectivity index (χ2v) is 3.61. The molecule has 0 radical (unpaired) electrons. The van der Waals surface area contributed by atoms with Gasteiger partial charge in [-0.1, -0.05) is 6.07 Å². The van der Waals surface area contributed by atoms with Crippen LogP contribution in [0.3, 0.4) is 0 Å². The molecule has 1 aromatic carbocycles. The summed E-state index contributed by atoms with van der Waals surface area (Å²) in [6.45, 7) is 2.54. The van der Waals surface area contributed by atoms with E-state index in [1.165, 1.54) is 18.4 Å². The van der Waals surface area contributed by atoms with Crippen LogP contribution in [-0.4, -0.2) is 19.1 Å². The summed E-state index contributed by atoms with van der Waals surface area (Å²) < 4.78 is 23.1. The lowest BCUT2D eigenvalue weighted by Crippen LogP contribution is -2.21. The Balaban J connectivity index is 2.12. The zero-order valence-electron chi connectivity index (χ0n) is 9.33. The van der Waals surface area contributed by atoms with Crippen LogP contribution < -0.4 is 5.32 Å². The first-order valence-corrected chi connectivity index (χ1v) is 5.19. The van der Waals surface area contributed by atoms with Gasteiger partial charge in [0.15, 0.2) is 0 Å². The first-order valence-electron chi connectivity index (χ1n) is 5.19. The Labute approximate surface area is 98.0 Å². The van der Waals surface area contributed by atoms with Gasteiger partial charge in [-0.25, -0.2) is 4.39 Å². The fourth-order valence-corrected chi connectivity index (χ4v) is 1.40. The Bertz CT molecular complexity index is 471. The van der Waals surface area contributed by atoms with Gasteiger partial charge in [0.05, 0.1) is 0 Å². The molecule has 17 heavy (non-hydrogen) atoms. The lowest BCUT2D eigenvalue weighted by Gasteiger charge is -2.15. The van der Waals surface area contributed by atoms with Crippen molar-refractivity contribution in [1.82, 2.24) is 0 Å². The van der Waals surface area contributed by atoms with Gasteiger partial charge in [0, 0.05) is 5.69 Å². The molecule has 1 aliphatic rings. The van der Waals surface area contributed by atoms with Gasteiger partial charge < -0.3 is 14.8 Å². The van der Waals surface area contributed by atoms with Crippen molar-refractivity contribution in [2.45, 2.75) is 6.92 Å². The van der Waals surface area contributed by atoms with E-state index in [9.17, 15) is 9.18 Å². The number of carbonyl (C=O) groups is 1. The quantitative estimate of drug-likeness (QED) is 0.855. The van der Waals surface area contributed by atoms with Gasteiger partial charge in [-0.2, -0.15) is 0 Å². The Hall–Kier alpha value is -2.04. The van der Waals surface area contributed by atoms with Gasteiger partial charge in [-0.05, 0) is 24.6 Å². The van der Waals surface area contributed by atoms with Gasteiger partial charge >= 0.3 is 0 Å². The Kier molecular flexibility index (Phi) is 3.27. The summed E-state index contributed by atoms with van der Waals surface area (Å²) in [5, 5.41) is 2.57. The van der Waals surface area contributed by atoms with Gasteiger partial charge in [-0.15, -0.1) is 0 Å². The molecule has 0 bridgehead atoms. The third kappa shape index (κ3) is 2.75. The van der Waals surface area contributed by atoms with E-state index in [1.807, 2.05) is 0 Å². The summed E-state index contributed by atoms with van der Waals surface area (Å²) >= 11 is 0. The molecule has 1 amide bonds. The molecule has 1 aromatic rings. The topological polar surface area (TPSA) is 47.6 Å². The number of carbonyl (C=O) groups excluding carboxylic acids is 1. The van der Waals surface area contributed by atoms with Crippen LogP contribution in [0.2, 0.25) is 0 Å². The molecule has 0 fully saturated rings. The Morgan fingerprint density at radius 1 is 1.41 bits per heavy atom. The van der Waals surface area contributed by atoms with Crippen molar-refractivity contribution < 1.29 is 18.7 Å². The molecule has 4 nitrogen and oxygen atoms in total. The molecule has 0 spiro atoms. The maximum Gasteiger partial charge on any atom is 0.294 e. The standard InChI is InChI=1S/C12H12FNO3/c1-8-2-3-9(13)6-10(8)14-12(15)11-7-16-4-5-17-11/h2-3,6-7H,4-5H2,1H3,(H,14,15). The minimum atomic E-state index is -0.446. The van der Waals surface area contributed by atoms with Gasteiger partial charge in [0.25, 0.3) is 5.91 Å². The monoisotopic (exact) mass is 237 g/mol. The number of rotatable bonds is 2. The molecule has 0 saturated heterocycles. The van der Waals surface area contributed by atoms with Crippen LogP contribution in [-0.2, 0) is 14.3 Å². The number of halogens is 1. The van der Waals surface area contributed by atoms with Crippen LogP contribution in [0.4, 0.5) is 10.1 Å². The molecular weight excluding hydrogens is 225 g/mol. The van der Waals surface area contributed by atoms with E-state index < -0.39 is 11.7 Å². The number of anilines is 1. The molecule has 1 heterocycles. The summed E-state index contributed by atoms with van der Waals surface area (Å²) in [4.78, 5) is 11.7. The molecule has 5 heteroatoms. The molecule has 0 aliphatic carbocycles. The Morgan fingerprint density at radius 3 is 2.94 bits per heavy atom. The maximum absolute atomic E-state index is 13.0. The number of hydrogen-bond donors (Lipinski definition) is 1. The summed E-state index contributed by atoms with van der Waals surface area (Å²) in [6.07, 6.45) is 1.26. The molecule has 1 aliphatic heterocycles. The third-order valence-electron chi connectivity index (χ3n) is 2.32. The molecule has 0 saturated carbocycles. The van der Waals surface area contributed by atoms with Crippen molar-refractivity contribution in [2.75, 3.05) is 18.5 Å². The van der Waals surface area contributed by atoms with Crippen LogP contribution in [0.15, 0.2) is 30.2 Å². The van der Waals surface area contributed by atoms with E-state index in [4.69, 9.17) is 9.47 Å². The zero-order chi connectivity index (χ0) is 12.3. The highest BCUT2D eigenvalue weighted by atomic mass is 19.1. The molecular formula is C12H12FNO3. The van der Waals surface area contributed by atoms with Gasteiger partial charge in [-0.3, -0.25) is 4.79 Å². The normalized spacial score (nSPS) is 14.4. The summed E-state index contributed by atoms with van der Waals surface area (Å²) in [7, 11) is 0. The number of ether oxygens (including phenoxy) is 2. The van der Waals surface area contributed by atoms with E-state index in [0.29, 0.717) is 18.9 Å². The molecule has 0 atom stereocenters. The minimum Gasteiger partial charge on any atom is -0.494 e. The number of nitrogens with one attached hydrogen (secondary N) is 1. The SMILES string of the molecule is Cc1ccc(F)cc1NC(=O)C1=COCCO1. The van der Waals surface area contributed by atoms with E-state index in [1.54, 1.807) is 13.0 Å². The second-order valence-electron chi connectivity index (χ2n) is 3.61. The van der Waals surface area contributed by atoms with Crippen molar-refractivity contribution in [1.29, 1.82) is 0 Å². The average Bonchev–Trinajstić information content (AvgIpc) is 2.35. The molecule has 2 rings (SSSR count). The van der Waals surface area contributed by atoms with Crippen LogP contribution in [0.25, 0.3) is 0 Å². The average molecular weight is 237 g/mol. The largest absolute Gasteiger partial charge is 0.494 e. The Morgan fingerprint density at radius 2 is 2.24 bits per heavy atom. The number of benzene rings is 1. The highest BCUT2D eigenvalue weighted by molar-refractivity contribution is 6.02. The van der Waals surface area contributed by atoms with Crippen LogP contribution in [0.1, 0.15) is 5.56 Å². The van der Waals surface area contributed by atoms with Crippen LogP contribution in [0.5, 0.6) is 0 Å². The van der Waals surface area contributed by atoms with Crippen molar-refractivity contribution in [3.05, 3.63) is 41.6 Å². The van der Waals surface area contributed by atoms with Crippen molar-refractivity contribution in [3.63, 3.8) is 0 Å². The fourth-order valence-electron chi connectivity index (χ4n) is 1.40. The lowest BCUT2D eigenvalue weighted by molar-refractivity contribution is -0.117. The van der Waals surface area contributed by atoms with E-state index >= 15 is 0 Å². The number of aryl methyl sites for hydroxylation is 1. The molecule has 0 unspecified atom stereocenters. The second kappa shape index (κ2) is 4.86. The van der Waals surface area contributed by atoms with E-state index in [-0.39, 0.29) is 5.76 Å². The predicted octanol–water partition coefficient (Wildman–Crippen LogP) is 1.96. The van der Waals surface area contributed by atoms with E-state index in [2.05, 4.69) is 5.32 Å². The van der Waals surface area contributed by atoms with Crippen LogP contribution in [0, 0.1) is 12.7 Å². The maximum atomic E-state index is 13.0. The fraction of sp³-hybridized carbons (Fsp3) is 0.250. The molecule has 0 aromatic heterocycles. The van der Waals surface area contributed by atoms with Crippen molar-refractivity contribution >= 4 is 11.6 Å².